The van der Waals surface area contributed by atoms with Crippen LogP contribution in [0.1, 0.15) is 110 Å². The van der Waals surface area contributed by atoms with Crippen LogP contribution in [0.15, 0.2) is 45.1 Å². The number of allylic oxidation sites excluding steroid dienone is 2. The van der Waals surface area contributed by atoms with Crippen molar-refractivity contribution < 1.29 is 23.8 Å². The molecule has 7 heteroatoms. The first kappa shape index (κ1) is 29.6. The average molecular weight is 541 g/mol. The number of methoxy groups -OCH3 is 1. The highest BCUT2D eigenvalue weighted by Gasteiger charge is 2.22. The van der Waals surface area contributed by atoms with Crippen molar-refractivity contribution in [2.45, 2.75) is 90.4 Å². The summed E-state index contributed by atoms with van der Waals surface area (Å²) in [5, 5.41) is 10.5. The molecule has 0 radical (unpaired) electrons. The second-order valence-electron chi connectivity index (χ2n) is 10.3. The summed E-state index contributed by atoms with van der Waals surface area (Å²) in [6.45, 7) is 3.53. The first-order chi connectivity index (χ1) is 18.3. The zero-order valence-electron chi connectivity index (χ0n) is 22.8. The molecule has 1 unspecified atom stereocenters. The van der Waals surface area contributed by atoms with Gasteiger partial charge < -0.3 is 14.3 Å². The van der Waals surface area contributed by atoms with Gasteiger partial charge in [0.05, 0.1) is 13.5 Å². The van der Waals surface area contributed by atoms with Crippen LogP contribution in [-0.2, 0) is 16.0 Å². The van der Waals surface area contributed by atoms with Crippen molar-refractivity contribution in [3.05, 3.63) is 67.4 Å². The summed E-state index contributed by atoms with van der Waals surface area (Å²) in [6, 6.07) is 5.48. The van der Waals surface area contributed by atoms with Crippen molar-refractivity contribution in [2.24, 2.45) is 5.92 Å². The van der Waals surface area contributed by atoms with E-state index < -0.39 is 11.4 Å². The van der Waals surface area contributed by atoms with Crippen LogP contribution in [0.5, 0.6) is 5.75 Å². The topological polar surface area (TPSA) is 93.8 Å². The highest BCUT2D eigenvalue weighted by atomic mass is 32.1. The Bertz CT molecular complexity index is 1200. The third kappa shape index (κ3) is 8.83. The summed E-state index contributed by atoms with van der Waals surface area (Å²) in [7, 11) is 1.34. The fourth-order valence-electron chi connectivity index (χ4n) is 4.94. The van der Waals surface area contributed by atoms with Gasteiger partial charge in [-0.15, -0.1) is 11.3 Å². The summed E-state index contributed by atoms with van der Waals surface area (Å²) in [5.41, 5.74) is -0.794. The molecule has 1 atom stereocenters. The molecular weight excluding hydrogens is 500 g/mol. The Labute approximate surface area is 229 Å². The molecule has 38 heavy (non-hydrogen) atoms. The molecular formula is C31H40O6S. The van der Waals surface area contributed by atoms with E-state index in [1.54, 1.807) is 30.4 Å². The number of ether oxygens (including phenoxy) is 1. The van der Waals surface area contributed by atoms with Crippen molar-refractivity contribution in [1.82, 2.24) is 0 Å². The van der Waals surface area contributed by atoms with E-state index in [4.69, 9.17) is 4.42 Å². The van der Waals surface area contributed by atoms with Gasteiger partial charge in [0.15, 0.2) is 5.78 Å². The number of ketones is 1. The molecule has 0 amide bonds. The molecule has 2 aromatic rings. The van der Waals surface area contributed by atoms with E-state index in [1.807, 2.05) is 19.1 Å². The second kappa shape index (κ2) is 14.9. The van der Waals surface area contributed by atoms with Crippen molar-refractivity contribution in [3.63, 3.8) is 0 Å². The maximum Gasteiger partial charge on any atom is 0.351 e. The lowest BCUT2D eigenvalue weighted by molar-refractivity contribution is -0.139. The smallest absolute Gasteiger partial charge is 0.351 e. The quantitative estimate of drug-likeness (QED) is 0.122. The fourth-order valence-corrected chi connectivity index (χ4v) is 6.00. The van der Waals surface area contributed by atoms with Gasteiger partial charge in [-0.05, 0) is 62.3 Å². The molecule has 1 aliphatic rings. The van der Waals surface area contributed by atoms with Crippen molar-refractivity contribution in [3.8, 4) is 5.75 Å². The molecule has 6 nitrogen and oxygen atoms in total. The third-order valence-corrected chi connectivity index (χ3v) is 8.36. The van der Waals surface area contributed by atoms with Gasteiger partial charge in [-0.3, -0.25) is 9.59 Å². The van der Waals surface area contributed by atoms with Crippen LogP contribution < -0.4 is 5.63 Å². The maximum absolute atomic E-state index is 13.0. The Hall–Kier alpha value is -2.93. The van der Waals surface area contributed by atoms with Gasteiger partial charge >= 0.3 is 11.6 Å². The molecule has 0 bridgehead atoms. The van der Waals surface area contributed by atoms with Crippen LogP contribution in [0.4, 0.5) is 0 Å². The van der Waals surface area contributed by atoms with E-state index in [9.17, 15) is 19.5 Å². The molecule has 0 saturated heterocycles. The van der Waals surface area contributed by atoms with Gasteiger partial charge in [0.25, 0.3) is 0 Å². The Morgan fingerprint density at radius 3 is 2.68 bits per heavy atom. The largest absolute Gasteiger partial charge is 0.507 e. The summed E-state index contributed by atoms with van der Waals surface area (Å²) >= 11 is 1.67. The Morgan fingerprint density at radius 2 is 1.97 bits per heavy atom. The molecule has 1 N–H and O–H groups in total. The summed E-state index contributed by atoms with van der Waals surface area (Å²) in [5.74, 6) is -0.154. The summed E-state index contributed by atoms with van der Waals surface area (Å²) in [6.07, 6.45) is 17.3. The van der Waals surface area contributed by atoms with Crippen LogP contribution in [0, 0.1) is 5.92 Å². The number of Topliss-reactive ketones (excluding diaryl/α,β-unsaturated/α-hetero) is 1. The predicted octanol–water partition coefficient (Wildman–Crippen LogP) is 7.60. The SMILES string of the molecule is COC(=O)C/C=C/CCC(C)c1cc(O)c(C(=O)C(C)=Cc2ccc(CCCC3CCCCC3)s2)c(=O)o1. The zero-order valence-corrected chi connectivity index (χ0v) is 23.6. The van der Waals surface area contributed by atoms with Crippen molar-refractivity contribution in [1.29, 1.82) is 0 Å². The molecule has 2 aromatic heterocycles. The molecule has 0 aliphatic heterocycles. The average Bonchev–Trinajstić information content (AvgIpc) is 3.35. The van der Waals surface area contributed by atoms with Crippen molar-refractivity contribution in [2.75, 3.05) is 7.11 Å². The molecule has 0 spiro atoms. The third-order valence-electron chi connectivity index (χ3n) is 7.27. The van der Waals surface area contributed by atoms with E-state index in [0.717, 1.165) is 17.2 Å². The van der Waals surface area contributed by atoms with Gasteiger partial charge in [0, 0.05) is 21.7 Å². The number of rotatable bonds is 13. The molecule has 3 rings (SSSR count). The van der Waals surface area contributed by atoms with Crippen LogP contribution in [0.3, 0.4) is 0 Å². The molecule has 1 aliphatic carbocycles. The maximum atomic E-state index is 13.0. The van der Waals surface area contributed by atoms with E-state index >= 15 is 0 Å². The number of carbonyl (C=O) groups excluding carboxylic acids is 2. The number of thiophene rings is 1. The monoisotopic (exact) mass is 540 g/mol. The highest BCUT2D eigenvalue weighted by molar-refractivity contribution is 7.12. The summed E-state index contributed by atoms with van der Waals surface area (Å²) in [4.78, 5) is 39.1. The fraction of sp³-hybridized carbons (Fsp3) is 0.516. The van der Waals surface area contributed by atoms with E-state index in [0.29, 0.717) is 24.2 Å². The van der Waals surface area contributed by atoms with Gasteiger partial charge in [0.2, 0.25) is 0 Å². The molecule has 0 aromatic carbocycles. The number of aromatic hydroxyl groups is 1. The van der Waals surface area contributed by atoms with E-state index in [-0.39, 0.29) is 29.6 Å². The number of carbonyl (C=O) groups is 2. The van der Waals surface area contributed by atoms with Crippen LogP contribution in [0.25, 0.3) is 6.08 Å². The minimum absolute atomic E-state index is 0.153. The van der Waals surface area contributed by atoms with E-state index in [2.05, 4.69) is 10.8 Å². The molecule has 1 saturated carbocycles. The summed E-state index contributed by atoms with van der Waals surface area (Å²) < 4.78 is 10.0. The van der Waals surface area contributed by atoms with Gasteiger partial charge in [-0.2, -0.15) is 0 Å². The predicted molar refractivity (Wildman–Crippen MR) is 152 cm³/mol. The number of hydrogen-bond donors (Lipinski definition) is 1. The van der Waals surface area contributed by atoms with Gasteiger partial charge in [-0.25, -0.2) is 4.79 Å². The standard InChI is InChI=1S/C31H40O6S/c1-21(11-6-4-9-16-28(33)36-3)27-20-26(32)29(31(35)37-27)30(34)22(2)19-25-18-17-24(38-25)15-10-14-23-12-7-5-8-13-23/h4,9,17-21,23,32H,5-8,10-16H2,1-3H3/b9-4+,22-19?. The molecule has 1 fully saturated rings. The number of esters is 1. The Morgan fingerprint density at radius 1 is 1.21 bits per heavy atom. The van der Waals surface area contributed by atoms with Crippen LogP contribution in [-0.4, -0.2) is 24.0 Å². The highest BCUT2D eigenvalue weighted by Crippen LogP contribution is 2.30. The Kier molecular flexibility index (Phi) is 11.6. The molecule has 206 valence electrons. The Balaban J connectivity index is 1.58. The van der Waals surface area contributed by atoms with Crippen molar-refractivity contribution >= 4 is 29.2 Å². The van der Waals surface area contributed by atoms with Crippen LogP contribution in [0.2, 0.25) is 0 Å². The lowest BCUT2D eigenvalue weighted by Crippen LogP contribution is -2.16. The zero-order chi connectivity index (χ0) is 27.5. The first-order valence-electron chi connectivity index (χ1n) is 13.7. The van der Waals surface area contributed by atoms with Gasteiger partial charge in [0.1, 0.15) is 17.1 Å². The lowest BCUT2D eigenvalue weighted by Gasteiger charge is -2.21. The second-order valence-corrected chi connectivity index (χ2v) is 11.5. The lowest BCUT2D eigenvalue weighted by atomic mass is 9.86. The first-order valence-corrected chi connectivity index (χ1v) is 14.5. The molecule has 2 heterocycles. The minimum Gasteiger partial charge on any atom is -0.507 e. The number of hydrogen-bond acceptors (Lipinski definition) is 7. The van der Waals surface area contributed by atoms with Crippen LogP contribution >= 0.6 is 11.3 Å². The van der Waals surface area contributed by atoms with E-state index in [1.165, 1.54) is 63.0 Å². The number of aryl methyl sites for hydroxylation is 1. The normalized spacial score (nSPS) is 15.6. The van der Waals surface area contributed by atoms with Gasteiger partial charge in [-0.1, -0.05) is 57.6 Å². The minimum atomic E-state index is -0.833.